The largest absolute Gasteiger partial charge is 0.347 e. The summed E-state index contributed by atoms with van der Waals surface area (Å²) in [6, 6.07) is 2.44. The van der Waals surface area contributed by atoms with Crippen LogP contribution in [-0.4, -0.2) is 73.5 Å². The summed E-state index contributed by atoms with van der Waals surface area (Å²) < 4.78 is 56.5. The van der Waals surface area contributed by atoms with Gasteiger partial charge in [-0.25, -0.2) is 21.5 Å². The number of hydrogen-bond donors (Lipinski definition) is 2. The summed E-state index contributed by atoms with van der Waals surface area (Å²) in [5, 5.41) is 14.0. The molecule has 3 atom stereocenters. The number of sulfonamides is 1. The van der Waals surface area contributed by atoms with E-state index in [-0.39, 0.29) is 34.9 Å². The second-order valence-electron chi connectivity index (χ2n) is 11.0. The highest BCUT2D eigenvalue weighted by atomic mass is 35.5. The zero-order valence-corrected chi connectivity index (χ0v) is 23.0. The van der Waals surface area contributed by atoms with Crippen LogP contribution in [0.1, 0.15) is 50.1 Å². The lowest BCUT2D eigenvalue weighted by molar-refractivity contribution is -0.143. The maximum atomic E-state index is 14.8. The van der Waals surface area contributed by atoms with Gasteiger partial charge in [-0.3, -0.25) is 9.59 Å². The maximum absolute atomic E-state index is 14.8. The predicted molar refractivity (Wildman–Crippen MR) is 139 cm³/mol. The Kier molecular flexibility index (Phi) is 8.15. The number of amides is 2. The van der Waals surface area contributed by atoms with E-state index in [1.54, 1.807) is 0 Å². The third-order valence-electron chi connectivity index (χ3n) is 8.59. The Bertz CT molecular complexity index is 1280. The van der Waals surface area contributed by atoms with Gasteiger partial charge in [0, 0.05) is 50.1 Å². The number of nitrogens with one attached hydrogen (secondary N) is 2. The van der Waals surface area contributed by atoms with Gasteiger partial charge in [-0.1, -0.05) is 11.6 Å². The second kappa shape index (κ2) is 11.3. The summed E-state index contributed by atoms with van der Waals surface area (Å²) >= 11 is 5.72. The van der Waals surface area contributed by atoms with Crippen LogP contribution in [0.25, 0.3) is 0 Å². The fourth-order valence-electron chi connectivity index (χ4n) is 6.06. The molecule has 0 radical (unpaired) electrons. The van der Waals surface area contributed by atoms with E-state index in [2.05, 4.69) is 16.7 Å². The lowest BCUT2D eigenvalue weighted by atomic mass is 9.86. The van der Waals surface area contributed by atoms with Crippen molar-refractivity contribution in [1.29, 1.82) is 5.26 Å². The van der Waals surface area contributed by atoms with Gasteiger partial charge in [0.05, 0.1) is 28.3 Å². The zero-order valence-electron chi connectivity index (χ0n) is 21.4. The van der Waals surface area contributed by atoms with E-state index in [0.29, 0.717) is 64.7 Å². The third kappa shape index (κ3) is 5.51. The minimum Gasteiger partial charge on any atom is -0.347 e. The van der Waals surface area contributed by atoms with Crippen LogP contribution in [0, 0.1) is 40.7 Å². The number of rotatable bonds is 7. The Morgan fingerprint density at radius 2 is 1.85 bits per heavy atom. The number of halogens is 3. The molecule has 3 saturated heterocycles. The molecule has 1 aliphatic carbocycles. The first kappa shape index (κ1) is 28.2. The molecule has 4 fully saturated rings. The minimum atomic E-state index is -3.60. The quantitative estimate of drug-likeness (QED) is 0.475. The number of nitriles is 1. The van der Waals surface area contributed by atoms with Crippen molar-refractivity contribution < 1.29 is 26.8 Å². The number of benzene rings is 1. The van der Waals surface area contributed by atoms with Crippen LogP contribution >= 0.6 is 11.6 Å². The van der Waals surface area contributed by atoms with Crippen molar-refractivity contribution in [2.75, 3.05) is 32.7 Å². The van der Waals surface area contributed by atoms with Gasteiger partial charge in [0.25, 0.3) is 0 Å². The summed E-state index contributed by atoms with van der Waals surface area (Å²) in [7, 11) is -3.60. The number of hydrogen-bond acceptors (Lipinski definition) is 6. The molecule has 2 amide bonds. The van der Waals surface area contributed by atoms with Gasteiger partial charge in [-0.2, -0.15) is 5.26 Å². The molecule has 39 heavy (non-hydrogen) atoms. The molecule has 5 rings (SSSR count). The average molecular weight is 584 g/mol. The van der Waals surface area contributed by atoms with Gasteiger partial charge in [-0.05, 0) is 50.7 Å². The highest BCUT2D eigenvalue weighted by Crippen LogP contribution is 2.36. The second-order valence-corrected chi connectivity index (χ2v) is 13.7. The average Bonchev–Trinajstić information content (AvgIpc) is 3.34. The van der Waals surface area contributed by atoms with Crippen molar-refractivity contribution in [3.8, 4) is 6.07 Å². The molecule has 3 heterocycles. The van der Waals surface area contributed by atoms with Gasteiger partial charge in [0.2, 0.25) is 21.8 Å². The molecular formula is C26H32ClF2N5O4S. The van der Waals surface area contributed by atoms with E-state index >= 15 is 0 Å². The standard InChI is InChI=1S/C26H32ClF2N5O4S/c27-20-10-21(28)19(9-22(20)29)24(17-12-31-13-17)32-25(35)23-4-2-6-34(23)26(36)16-3-1-5-33(14-16)39(37,38)18-7-15(8-18)11-30/h9-10,15-18,23-24,31H,1-8,12-14H2,(H,32,35)/t15?,16-,18?,23+,24+/m0/s1. The van der Waals surface area contributed by atoms with Crippen LogP contribution in [-0.2, 0) is 19.6 Å². The Hall–Kier alpha value is -2.33. The summed E-state index contributed by atoms with van der Waals surface area (Å²) in [6.45, 7) is 1.80. The predicted octanol–water partition coefficient (Wildman–Crippen LogP) is 2.33. The first-order chi connectivity index (χ1) is 18.6. The number of nitrogens with zero attached hydrogens (tertiary/aromatic N) is 3. The Morgan fingerprint density at radius 1 is 1.13 bits per heavy atom. The molecule has 0 aromatic heterocycles. The van der Waals surface area contributed by atoms with Gasteiger partial charge in [0.1, 0.15) is 17.7 Å². The summed E-state index contributed by atoms with van der Waals surface area (Å²) in [5.74, 6) is -3.16. The molecule has 1 aromatic carbocycles. The fourth-order valence-corrected chi connectivity index (χ4v) is 8.35. The monoisotopic (exact) mass is 583 g/mol. The molecule has 2 N–H and O–H groups in total. The lowest BCUT2D eigenvalue weighted by Crippen LogP contribution is -2.55. The van der Waals surface area contributed by atoms with E-state index < -0.39 is 50.8 Å². The number of carbonyl (C=O) groups is 2. The molecule has 212 valence electrons. The molecule has 1 saturated carbocycles. The van der Waals surface area contributed by atoms with Crippen LogP contribution in [0.3, 0.4) is 0 Å². The molecule has 9 nitrogen and oxygen atoms in total. The summed E-state index contributed by atoms with van der Waals surface area (Å²) in [4.78, 5) is 28.5. The van der Waals surface area contributed by atoms with Gasteiger partial charge < -0.3 is 15.5 Å². The smallest absolute Gasteiger partial charge is 0.243 e. The van der Waals surface area contributed by atoms with Crippen LogP contribution in [0.4, 0.5) is 8.78 Å². The maximum Gasteiger partial charge on any atom is 0.243 e. The van der Waals surface area contributed by atoms with Crippen molar-refractivity contribution in [2.45, 2.75) is 55.9 Å². The molecule has 3 aliphatic heterocycles. The highest BCUT2D eigenvalue weighted by molar-refractivity contribution is 7.89. The van der Waals surface area contributed by atoms with Gasteiger partial charge in [0.15, 0.2) is 0 Å². The molecule has 13 heteroatoms. The van der Waals surface area contributed by atoms with E-state index in [1.807, 2.05) is 0 Å². The first-order valence-electron chi connectivity index (χ1n) is 13.4. The normalized spacial score (nSPS) is 28.7. The first-order valence-corrected chi connectivity index (χ1v) is 15.3. The molecule has 0 unspecified atom stereocenters. The van der Waals surface area contributed by atoms with Gasteiger partial charge >= 0.3 is 0 Å². The number of carbonyl (C=O) groups excluding carboxylic acids is 2. The molecule has 1 aromatic rings. The van der Waals surface area contributed by atoms with Crippen molar-refractivity contribution in [3.05, 3.63) is 34.4 Å². The third-order valence-corrected chi connectivity index (χ3v) is 11.2. The minimum absolute atomic E-state index is 0.00961. The van der Waals surface area contributed by atoms with E-state index in [0.717, 1.165) is 12.1 Å². The molecule has 0 spiro atoms. The lowest BCUT2D eigenvalue weighted by Gasteiger charge is -2.39. The highest BCUT2D eigenvalue weighted by Gasteiger charge is 2.46. The van der Waals surface area contributed by atoms with Crippen molar-refractivity contribution in [1.82, 2.24) is 19.8 Å². The van der Waals surface area contributed by atoms with Crippen molar-refractivity contribution >= 4 is 33.4 Å². The Morgan fingerprint density at radius 3 is 2.51 bits per heavy atom. The zero-order chi connectivity index (χ0) is 27.9. The number of piperidine rings is 1. The Labute approximate surface area is 231 Å². The van der Waals surface area contributed by atoms with Crippen molar-refractivity contribution in [3.63, 3.8) is 0 Å². The number of likely N-dealkylation sites (tertiary alicyclic amines) is 1. The SMILES string of the molecule is N#CC1CC(S(=O)(=O)N2CCC[C@H](C(=O)N3CCC[C@@H]3C(=O)N[C@@H](c3cc(F)c(Cl)cc3F)C3CNC3)C2)C1. The topological polar surface area (TPSA) is 123 Å². The van der Waals surface area contributed by atoms with Crippen LogP contribution < -0.4 is 10.6 Å². The van der Waals surface area contributed by atoms with E-state index in [1.165, 1.54) is 9.21 Å². The Balaban J connectivity index is 1.27. The molecule has 4 aliphatic rings. The summed E-state index contributed by atoms with van der Waals surface area (Å²) in [6.07, 6.45) is 2.72. The van der Waals surface area contributed by atoms with Gasteiger partial charge in [-0.15, -0.1) is 0 Å². The van der Waals surface area contributed by atoms with E-state index in [9.17, 15) is 26.8 Å². The van der Waals surface area contributed by atoms with Crippen LogP contribution in [0.5, 0.6) is 0 Å². The molecule has 0 bridgehead atoms. The van der Waals surface area contributed by atoms with E-state index in [4.69, 9.17) is 16.9 Å². The van der Waals surface area contributed by atoms with Crippen LogP contribution in [0.15, 0.2) is 12.1 Å². The van der Waals surface area contributed by atoms with Crippen LogP contribution in [0.2, 0.25) is 5.02 Å². The van der Waals surface area contributed by atoms with Crippen molar-refractivity contribution in [2.24, 2.45) is 17.8 Å². The molecular weight excluding hydrogens is 552 g/mol. The fraction of sp³-hybridized carbons (Fsp3) is 0.654. The summed E-state index contributed by atoms with van der Waals surface area (Å²) in [5.41, 5.74) is 0.00961.